The molecule has 1 aromatic carbocycles. The van der Waals surface area contributed by atoms with E-state index >= 15 is 0 Å². The summed E-state index contributed by atoms with van der Waals surface area (Å²) in [5.74, 6) is -0.162. The van der Waals surface area contributed by atoms with Crippen LogP contribution >= 0.6 is 23.2 Å². The molecule has 0 saturated carbocycles. The van der Waals surface area contributed by atoms with E-state index in [4.69, 9.17) is 32.4 Å². The van der Waals surface area contributed by atoms with Crippen molar-refractivity contribution in [2.75, 3.05) is 26.3 Å². The van der Waals surface area contributed by atoms with E-state index in [1.54, 1.807) is 24.4 Å². The summed E-state index contributed by atoms with van der Waals surface area (Å²) in [7, 11) is 0. The van der Waals surface area contributed by atoms with Crippen molar-refractivity contribution in [3.8, 4) is 0 Å². The summed E-state index contributed by atoms with van der Waals surface area (Å²) in [6, 6.07) is 8.75. The molecule has 0 bridgehead atoms. The molecule has 1 aliphatic carbocycles. The fraction of sp³-hybridized carbons (Fsp3) is 0.273. The fourth-order valence-electron chi connectivity index (χ4n) is 3.61. The van der Waals surface area contributed by atoms with E-state index in [2.05, 4.69) is 21.5 Å². The van der Waals surface area contributed by atoms with E-state index in [9.17, 15) is 4.79 Å². The highest BCUT2D eigenvalue weighted by Crippen LogP contribution is 2.36. The van der Waals surface area contributed by atoms with Gasteiger partial charge < -0.3 is 14.1 Å². The van der Waals surface area contributed by atoms with Gasteiger partial charge >= 0.3 is 5.91 Å². The molecule has 1 amide bonds. The normalized spacial score (nSPS) is 18.6. The third kappa shape index (κ3) is 4.78. The summed E-state index contributed by atoms with van der Waals surface area (Å²) in [5.41, 5.74) is 6.81. The van der Waals surface area contributed by atoms with Gasteiger partial charge in [0.25, 0.3) is 0 Å². The highest BCUT2D eigenvalue weighted by atomic mass is 35.5. The lowest BCUT2D eigenvalue weighted by Gasteiger charge is -2.31. The maximum Gasteiger partial charge on any atom is 0.307 e. The first-order valence-corrected chi connectivity index (χ1v) is 10.5. The van der Waals surface area contributed by atoms with Crippen molar-refractivity contribution in [1.29, 1.82) is 0 Å². The van der Waals surface area contributed by atoms with Gasteiger partial charge in [-0.1, -0.05) is 29.3 Å². The van der Waals surface area contributed by atoms with Crippen molar-refractivity contribution in [3.05, 3.63) is 74.8 Å². The number of hydrazone groups is 1. The Labute approximate surface area is 184 Å². The molecule has 0 radical (unpaired) electrons. The molecular formula is C22H21Cl2N3O3. The number of benzene rings is 1. The third-order valence-electron chi connectivity index (χ3n) is 5.02. The van der Waals surface area contributed by atoms with Crippen LogP contribution in [0.25, 0.3) is 6.08 Å². The van der Waals surface area contributed by atoms with E-state index < -0.39 is 0 Å². The van der Waals surface area contributed by atoms with Gasteiger partial charge in [0.05, 0.1) is 25.7 Å². The van der Waals surface area contributed by atoms with Crippen LogP contribution < -0.4 is 5.43 Å². The second kappa shape index (κ2) is 9.51. The van der Waals surface area contributed by atoms with E-state index in [-0.39, 0.29) is 11.7 Å². The minimum atomic E-state index is -0.383. The van der Waals surface area contributed by atoms with Crippen LogP contribution in [0.4, 0.5) is 0 Å². The monoisotopic (exact) mass is 445 g/mol. The van der Waals surface area contributed by atoms with Gasteiger partial charge in [-0.3, -0.25) is 4.79 Å². The molecule has 2 aromatic rings. The summed E-state index contributed by atoms with van der Waals surface area (Å²) in [5, 5.41) is 5.38. The molecule has 1 N–H and O–H groups in total. The van der Waals surface area contributed by atoms with Crippen molar-refractivity contribution in [2.45, 2.75) is 12.8 Å². The first-order valence-electron chi connectivity index (χ1n) is 9.70. The van der Waals surface area contributed by atoms with E-state index in [0.717, 1.165) is 42.8 Å². The fourth-order valence-corrected chi connectivity index (χ4v) is 4.07. The molecule has 1 aliphatic heterocycles. The first kappa shape index (κ1) is 20.7. The van der Waals surface area contributed by atoms with Crippen LogP contribution in [0.15, 0.2) is 63.0 Å². The Kier molecular flexibility index (Phi) is 6.57. The predicted octanol–water partition coefficient (Wildman–Crippen LogP) is 4.77. The standard InChI is InChI=1S/C22H21Cl2N3O3/c23-18-6-5-15(19(24)13-18)12-16-3-4-17(21(16)27-7-10-29-11-8-27)14-25-26-22(28)20-2-1-9-30-20/h1-2,5-6,9,12-14H,3-4,7-8,10-11H2,(H,26,28)/b16-12-,25-14-. The molecular weight excluding hydrogens is 425 g/mol. The van der Waals surface area contributed by atoms with Gasteiger partial charge in [-0.05, 0) is 59.9 Å². The highest BCUT2D eigenvalue weighted by Gasteiger charge is 2.25. The van der Waals surface area contributed by atoms with E-state index in [0.29, 0.717) is 23.3 Å². The second-order valence-electron chi connectivity index (χ2n) is 6.99. The Hall–Kier alpha value is -2.54. The zero-order chi connectivity index (χ0) is 20.9. The SMILES string of the molecule is O=C(N/N=C\C1=C(N2CCOCC2)C(=C\c2ccc(Cl)cc2Cl)/CC1)c1ccco1. The minimum Gasteiger partial charge on any atom is -0.459 e. The summed E-state index contributed by atoms with van der Waals surface area (Å²) in [6.07, 6.45) is 6.96. The topological polar surface area (TPSA) is 67.1 Å². The number of morpholine rings is 1. The molecule has 4 rings (SSSR count). The first-order chi connectivity index (χ1) is 14.6. The third-order valence-corrected chi connectivity index (χ3v) is 5.59. The van der Waals surface area contributed by atoms with E-state index in [1.165, 1.54) is 11.8 Å². The molecule has 2 aliphatic rings. The number of halogens is 2. The van der Waals surface area contributed by atoms with Gasteiger partial charge in [0.15, 0.2) is 5.76 Å². The summed E-state index contributed by atoms with van der Waals surface area (Å²) in [4.78, 5) is 14.3. The van der Waals surface area contributed by atoms with Crippen LogP contribution in [0.2, 0.25) is 10.0 Å². The van der Waals surface area contributed by atoms with Crippen LogP contribution in [0.3, 0.4) is 0 Å². The zero-order valence-corrected chi connectivity index (χ0v) is 17.7. The Bertz CT molecular complexity index is 1010. The van der Waals surface area contributed by atoms with Crippen LogP contribution in [-0.2, 0) is 4.74 Å². The van der Waals surface area contributed by atoms with Crippen molar-refractivity contribution in [1.82, 2.24) is 10.3 Å². The maximum absolute atomic E-state index is 12.0. The van der Waals surface area contributed by atoms with Crippen LogP contribution in [0, 0.1) is 0 Å². The number of amides is 1. The van der Waals surface area contributed by atoms with Gasteiger partial charge in [-0.25, -0.2) is 5.43 Å². The molecule has 0 atom stereocenters. The number of rotatable bonds is 5. The number of allylic oxidation sites excluding steroid dienone is 2. The van der Waals surface area contributed by atoms with Gasteiger partial charge in [0.1, 0.15) is 0 Å². The molecule has 156 valence electrons. The molecule has 0 unspecified atom stereocenters. The average molecular weight is 446 g/mol. The van der Waals surface area contributed by atoms with Crippen LogP contribution in [0.1, 0.15) is 29.0 Å². The molecule has 1 saturated heterocycles. The Morgan fingerprint density at radius 1 is 1.17 bits per heavy atom. The number of nitrogens with one attached hydrogen (secondary N) is 1. The number of carbonyl (C=O) groups is 1. The molecule has 8 heteroatoms. The molecule has 1 aromatic heterocycles. The Morgan fingerprint density at radius 3 is 2.73 bits per heavy atom. The quantitative estimate of drug-likeness (QED) is 0.531. The Morgan fingerprint density at radius 2 is 2.00 bits per heavy atom. The van der Waals surface area contributed by atoms with Crippen molar-refractivity contribution >= 4 is 41.4 Å². The lowest BCUT2D eigenvalue weighted by Crippen LogP contribution is -2.36. The van der Waals surface area contributed by atoms with Crippen molar-refractivity contribution in [3.63, 3.8) is 0 Å². The Balaban J connectivity index is 1.60. The van der Waals surface area contributed by atoms with Gasteiger partial charge in [-0.2, -0.15) is 5.10 Å². The highest BCUT2D eigenvalue weighted by molar-refractivity contribution is 6.35. The number of hydrogen-bond acceptors (Lipinski definition) is 5. The largest absolute Gasteiger partial charge is 0.459 e. The zero-order valence-electron chi connectivity index (χ0n) is 16.2. The predicted molar refractivity (Wildman–Crippen MR) is 118 cm³/mol. The lowest BCUT2D eigenvalue weighted by atomic mass is 10.1. The molecule has 0 spiro atoms. The maximum atomic E-state index is 12.0. The number of hydrogen-bond donors (Lipinski definition) is 1. The smallest absolute Gasteiger partial charge is 0.307 e. The number of nitrogens with zero attached hydrogens (tertiary/aromatic N) is 2. The van der Waals surface area contributed by atoms with Crippen molar-refractivity contribution < 1.29 is 13.9 Å². The van der Waals surface area contributed by atoms with Gasteiger partial charge in [0, 0.05) is 28.8 Å². The lowest BCUT2D eigenvalue weighted by molar-refractivity contribution is 0.0548. The minimum absolute atomic E-state index is 0.221. The average Bonchev–Trinajstić information content (AvgIpc) is 3.41. The molecule has 1 fully saturated rings. The summed E-state index contributed by atoms with van der Waals surface area (Å²) >= 11 is 12.4. The van der Waals surface area contributed by atoms with Crippen molar-refractivity contribution in [2.24, 2.45) is 5.10 Å². The molecule has 6 nitrogen and oxygen atoms in total. The van der Waals surface area contributed by atoms with Gasteiger partial charge in [0.2, 0.25) is 0 Å². The van der Waals surface area contributed by atoms with Crippen LogP contribution in [-0.4, -0.2) is 43.3 Å². The van der Waals surface area contributed by atoms with E-state index in [1.807, 2.05) is 12.1 Å². The second-order valence-corrected chi connectivity index (χ2v) is 7.83. The summed E-state index contributed by atoms with van der Waals surface area (Å²) < 4.78 is 10.6. The van der Waals surface area contributed by atoms with Gasteiger partial charge in [-0.15, -0.1) is 0 Å². The number of carbonyl (C=O) groups excluding carboxylic acids is 1. The molecule has 30 heavy (non-hydrogen) atoms. The van der Waals surface area contributed by atoms with Crippen LogP contribution in [0.5, 0.6) is 0 Å². The summed E-state index contributed by atoms with van der Waals surface area (Å²) in [6.45, 7) is 2.96. The number of furan rings is 1. The number of ether oxygens (including phenoxy) is 1. The molecule has 2 heterocycles.